The van der Waals surface area contributed by atoms with Gasteiger partial charge < -0.3 is 20.5 Å². The van der Waals surface area contributed by atoms with Crippen LogP contribution in [0.1, 0.15) is 11.1 Å². The molecule has 0 bridgehead atoms. The average molecular weight is 365 g/mol. The largest absolute Gasteiger partial charge is 0.493 e. The minimum Gasteiger partial charge on any atom is -0.493 e. The fourth-order valence-corrected chi connectivity index (χ4v) is 2.40. The molecule has 24 heavy (non-hydrogen) atoms. The molecule has 2 rings (SSSR count). The molecule has 1 amide bonds. The molecular weight excluding hydrogens is 348 g/mol. The fraction of sp³-hybridized carbons (Fsp3) is 0.176. The average Bonchev–Trinajstić information content (AvgIpc) is 2.58. The van der Waals surface area contributed by atoms with E-state index in [9.17, 15) is 4.79 Å². The molecule has 0 fully saturated rings. The number of benzene rings is 2. The van der Waals surface area contributed by atoms with Crippen molar-refractivity contribution < 1.29 is 14.3 Å². The maximum atomic E-state index is 10.8. The molecule has 0 aliphatic heterocycles. The van der Waals surface area contributed by atoms with Crippen LogP contribution in [0, 0.1) is 0 Å². The van der Waals surface area contributed by atoms with Gasteiger partial charge in [-0.25, -0.2) is 0 Å². The SMILES string of the molecule is COc1cc(C(=S)NCc2ccccc2Cl)ccc1OCC(N)=O. The van der Waals surface area contributed by atoms with Crippen molar-refractivity contribution in [1.82, 2.24) is 5.32 Å². The number of nitrogens with one attached hydrogen (secondary N) is 1. The second-order valence-electron chi connectivity index (χ2n) is 4.89. The number of halogens is 1. The summed E-state index contributed by atoms with van der Waals surface area (Å²) < 4.78 is 10.6. The number of methoxy groups -OCH3 is 1. The number of hydrogen-bond donors (Lipinski definition) is 2. The molecule has 0 heterocycles. The van der Waals surface area contributed by atoms with Gasteiger partial charge in [0.05, 0.1) is 7.11 Å². The summed E-state index contributed by atoms with van der Waals surface area (Å²) in [5.74, 6) is 0.336. The van der Waals surface area contributed by atoms with Crippen LogP contribution in [0.3, 0.4) is 0 Å². The van der Waals surface area contributed by atoms with Crippen LogP contribution < -0.4 is 20.5 Å². The highest BCUT2D eigenvalue weighted by molar-refractivity contribution is 7.80. The summed E-state index contributed by atoms with van der Waals surface area (Å²) in [5, 5.41) is 3.83. The van der Waals surface area contributed by atoms with Gasteiger partial charge in [0, 0.05) is 17.1 Å². The molecule has 2 aromatic rings. The van der Waals surface area contributed by atoms with Crippen molar-refractivity contribution in [2.75, 3.05) is 13.7 Å². The number of carbonyl (C=O) groups is 1. The molecule has 2 aromatic carbocycles. The maximum absolute atomic E-state index is 10.8. The van der Waals surface area contributed by atoms with Gasteiger partial charge in [0.15, 0.2) is 18.1 Å². The molecule has 0 radical (unpaired) electrons. The molecule has 0 aromatic heterocycles. The van der Waals surface area contributed by atoms with Gasteiger partial charge in [0.1, 0.15) is 4.99 Å². The number of thiocarbonyl (C=S) groups is 1. The highest BCUT2D eigenvalue weighted by atomic mass is 35.5. The Morgan fingerprint density at radius 3 is 2.67 bits per heavy atom. The zero-order chi connectivity index (χ0) is 17.5. The maximum Gasteiger partial charge on any atom is 0.255 e. The van der Waals surface area contributed by atoms with Gasteiger partial charge >= 0.3 is 0 Å². The minimum absolute atomic E-state index is 0.217. The highest BCUT2D eigenvalue weighted by Gasteiger charge is 2.10. The molecule has 5 nitrogen and oxygen atoms in total. The number of carbonyl (C=O) groups excluding carboxylic acids is 1. The Morgan fingerprint density at radius 1 is 1.25 bits per heavy atom. The topological polar surface area (TPSA) is 73.6 Å². The van der Waals surface area contributed by atoms with Crippen LogP contribution in [-0.4, -0.2) is 24.6 Å². The molecule has 0 saturated carbocycles. The Hall–Kier alpha value is -2.31. The molecule has 7 heteroatoms. The standard InChI is InChI=1S/C17H17ClN2O3S/c1-22-15-8-11(6-7-14(15)23-10-16(19)21)17(24)20-9-12-4-2-3-5-13(12)18/h2-8H,9-10H2,1H3,(H2,19,21)(H,20,24). The van der Waals surface area contributed by atoms with Crippen molar-refractivity contribution in [2.24, 2.45) is 5.73 Å². The quantitative estimate of drug-likeness (QED) is 0.739. The van der Waals surface area contributed by atoms with E-state index in [4.69, 9.17) is 39.0 Å². The van der Waals surface area contributed by atoms with Crippen molar-refractivity contribution in [2.45, 2.75) is 6.54 Å². The van der Waals surface area contributed by atoms with Gasteiger partial charge in [-0.05, 0) is 29.8 Å². The second kappa shape index (κ2) is 8.52. The molecule has 0 aliphatic carbocycles. The zero-order valence-corrected chi connectivity index (χ0v) is 14.6. The van der Waals surface area contributed by atoms with E-state index in [-0.39, 0.29) is 6.61 Å². The van der Waals surface area contributed by atoms with Crippen LogP contribution in [0.4, 0.5) is 0 Å². The van der Waals surface area contributed by atoms with E-state index >= 15 is 0 Å². The van der Waals surface area contributed by atoms with Gasteiger partial charge in [-0.15, -0.1) is 0 Å². The van der Waals surface area contributed by atoms with E-state index < -0.39 is 5.91 Å². The highest BCUT2D eigenvalue weighted by Crippen LogP contribution is 2.28. The first-order valence-electron chi connectivity index (χ1n) is 7.12. The normalized spacial score (nSPS) is 10.1. The van der Waals surface area contributed by atoms with E-state index in [0.29, 0.717) is 28.1 Å². The lowest BCUT2D eigenvalue weighted by Crippen LogP contribution is -2.22. The Bertz CT molecular complexity index is 752. The van der Waals surface area contributed by atoms with Crippen LogP contribution in [0.15, 0.2) is 42.5 Å². The van der Waals surface area contributed by atoms with Gasteiger partial charge in [-0.1, -0.05) is 42.0 Å². The van der Waals surface area contributed by atoms with Crippen molar-refractivity contribution >= 4 is 34.7 Å². The lowest BCUT2D eigenvalue weighted by molar-refractivity contribution is -0.119. The lowest BCUT2D eigenvalue weighted by atomic mass is 10.2. The van der Waals surface area contributed by atoms with E-state index in [1.807, 2.05) is 24.3 Å². The van der Waals surface area contributed by atoms with E-state index in [1.54, 1.807) is 18.2 Å². The van der Waals surface area contributed by atoms with Crippen molar-refractivity contribution in [3.63, 3.8) is 0 Å². The number of primary amides is 1. The van der Waals surface area contributed by atoms with Crippen molar-refractivity contribution in [1.29, 1.82) is 0 Å². The Labute approximate surface area is 150 Å². The first kappa shape index (κ1) is 18.0. The third-order valence-electron chi connectivity index (χ3n) is 3.19. The van der Waals surface area contributed by atoms with E-state index in [2.05, 4.69) is 5.32 Å². The number of hydrogen-bond acceptors (Lipinski definition) is 4. The number of rotatable bonds is 7. The molecule has 0 unspecified atom stereocenters. The Morgan fingerprint density at radius 2 is 2.00 bits per heavy atom. The van der Waals surface area contributed by atoms with Gasteiger partial charge in [-0.3, -0.25) is 4.79 Å². The van der Waals surface area contributed by atoms with E-state index in [0.717, 1.165) is 11.1 Å². The van der Waals surface area contributed by atoms with Crippen LogP contribution in [0.5, 0.6) is 11.5 Å². The van der Waals surface area contributed by atoms with Gasteiger partial charge in [0.25, 0.3) is 5.91 Å². The van der Waals surface area contributed by atoms with Gasteiger partial charge in [-0.2, -0.15) is 0 Å². The third kappa shape index (κ3) is 4.84. The molecule has 0 aliphatic rings. The van der Waals surface area contributed by atoms with Crippen LogP contribution in [-0.2, 0) is 11.3 Å². The molecule has 3 N–H and O–H groups in total. The first-order chi connectivity index (χ1) is 11.5. The van der Waals surface area contributed by atoms with Crippen molar-refractivity contribution in [3.8, 4) is 11.5 Å². The molecule has 0 saturated heterocycles. The molecular formula is C17H17ClN2O3S. The Kier molecular flexibility index (Phi) is 6.40. The first-order valence-corrected chi connectivity index (χ1v) is 7.90. The summed E-state index contributed by atoms with van der Waals surface area (Å²) >= 11 is 11.5. The number of nitrogens with two attached hydrogens (primary N) is 1. The van der Waals surface area contributed by atoms with Crippen LogP contribution in [0.2, 0.25) is 5.02 Å². The fourth-order valence-electron chi connectivity index (χ4n) is 2.00. The molecule has 0 spiro atoms. The van der Waals surface area contributed by atoms with Crippen LogP contribution >= 0.6 is 23.8 Å². The molecule has 126 valence electrons. The minimum atomic E-state index is -0.557. The predicted molar refractivity (Wildman–Crippen MR) is 97.7 cm³/mol. The molecule has 0 atom stereocenters. The zero-order valence-electron chi connectivity index (χ0n) is 13.0. The van der Waals surface area contributed by atoms with Gasteiger partial charge in [0.2, 0.25) is 0 Å². The predicted octanol–water partition coefficient (Wildman–Crippen LogP) is 2.68. The van der Waals surface area contributed by atoms with Crippen molar-refractivity contribution in [3.05, 3.63) is 58.6 Å². The monoisotopic (exact) mass is 364 g/mol. The number of amides is 1. The lowest BCUT2D eigenvalue weighted by Gasteiger charge is -2.13. The third-order valence-corrected chi connectivity index (χ3v) is 3.94. The summed E-state index contributed by atoms with van der Waals surface area (Å²) in [6, 6.07) is 12.7. The van der Waals surface area contributed by atoms with Crippen LogP contribution in [0.25, 0.3) is 0 Å². The second-order valence-corrected chi connectivity index (χ2v) is 5.71. The summed E-state index contributed by atoms with van der Waals surface area (Å²) in [6.07, 6.45) is 0. The summed E-state index contributed by atoms with van der Waals surface area (Å²) in [4.78, 5) is 11.4. The van der Waals surface area contributed by atoms with E-state index in [1.165, 1.54) is 7.11 Å². The summed E-state index contributed by atoms with van der Waals surface area (Å²) in [6.45, 7) is 0.297. The summed E-state index contributed by atoms with van der Waals surface area (Å²) in [5.41, 5.74) is 6.79. The Balaban J connectivity index is 2.06. The number of ether oxygens (including phenoxy) is 2. The summed E-state index contributed by atoms with van der Waals surface area (Å²) in [7, 11) is 1.51. The smallest absolute Gasteiger partial charge is 0.255 e.